The van der Waals surface area contributed by atoms with Gasteiger partial charge in [0.25, 0.3) is 0 Å². The van der Waals surface area contributed by atoms with Gasteiger partial charge in [0.15, 0.2) is 0 Å². The number of hydrogen-bond donors (Lipinski definition) is 2. The summed E-state index contributed by atoms with van der Waals surface area (Å²) in [7, 11) is -3.07. The SMILES string of the molecule is C[Si](C)(C)ONC1=CCCC(NO[Si](C)(C)C)=C1. The van der Waals surface area contributed by atoms with E-state index >= 15 is 0 Å². The van der Waals surface area contributed by atoms with E-state index in [0.29, 0.717) is 0 Å². The monoisotopic (exact) mass is 286 g/mol. The highest BCUT2D eigenvalue weighted by molar-refractivity contribution is 6.69. The molecule has 0 unspecified atom stereocenters. The molecule has 18 heavy (non-hydrogen) atoms. The van der Waals surface area contributed by atoms with Gasteiger partial charge < -0.3 is 9.05 Å². The Morgan fingerprint density at radius 3 is 2.06 bits per heavy atom. The van der Waals surface area contributed by atoms with Gasteiger partial charge in [-0.3, -0.25) is 11.0 Å². The smallest absolute Gasteiger partial charge is 0.220 e. The summed E-state index contributed by atoms with van der Waals surface area (Å²) in [6.45, 7) is 12.9. The summed E-state index contributed by atoms with van der Waals surface area (Å²) in [5, 5.41) is 0. The Balaban J connectivity index is 2.47. The molecule has 2 N–H and O–H groups in total. The minimum Gasteiger partial charge on any atom is -0.323 e. The lowest BCUT2D eigenvalue weighted by Crippen LogP contribution is -2.35. The normalized spacial score (nSPS) is 17.0. The average Bonchev–Trinajstić information content (AvgIpc) is 2.22. The minimum absolute atomic E-state index is 0.989. The van der Waals surface area contributed by atoms with E-state index in [2.05, 4.69) is 62.4 Å². The minimum atomic E-state index is -1.54. The summed E-state index contributed by atoms with van der Waals surface area (Å²) in [4.78, 5) is 0. The standard InChI is InChI=1S/C12H26N2O2Si2/c1-17(2,3)15-13-11-8-7-9-12(10-11)14-16-18(4,5)6/h8,10,13-14H,7,9H2,1-6H3. The molecule has 0 aliphatic heterocycles. The lowest BCUT2D eigenvalue weighted by molar-refractivity contribution is 0.210. The molecule has 0 spiro atoms. The summed E-state index contributed by atoms with van der Waals surface area (Å²) in [6, 6.07) is 0. The molecule has 4 nitrogen and oxygen atoms in total. The highest BCUT2D eigenvalue weighted by Crippen LogP contribution is 2.15. The zero-order valence-corrected chi connectivity index (χ0v) is 14.4. The number of allylic oxidation sites excluding steroid dienone is 3. The van der Waals surface area contributed by atoms with Gasteiger partial charge in [0.2, 0.25) is 16.6 Å². The highest BCUT2D eigenvalue weighted by atomic mass is 28.4. The topological polar surface area (TPSA) is 42.5 Å². The predicted octanol–water partition coefficient (Wildman–Crippen LogP) is 3.26. The Morgan fingerprint density at radius 2 is 1.50 bits per heavy atom. The molecule has 0 amide bonds. The first kappa shape index (κ1) is 15.5. The van der Waals surface area contributed by atoms with E-state index in [9.17, 15) is 0 Å². The first-order valence-electron chi connectivity index (χ1n) is 6.44. The van der Waals surface area contributed by atoms with Crippen molar-refractivity contribution in [2.75, 3.05) is 0 Å². The van der Waals surface area contributed by atoms with Gasteiger partial charge in [-0.25, -0.2) is 0 Å². The van der Waals surface area contributed by atoms with Crippen LogP contribution in [-0.4, -0.2) is 16.6 Å². The van der Waals surface area contributed by atoms with Crippen LogP contribution in [-0.2, 0) is 9.05 Å². The Kier molecular flexibility index (Phi) is 5.21. The molecule has 1 rings (SSSR count). The van der Waals surface area contributed by atoms with Gasteiger partial charge in [0.1, 0.15) is 0 Å². The van der Waals surface area contributed by atoms with Crippen LogP contribution in [0, 0.1) is 0 Å². The third kappa shape index (κ3) is 7.00. The lowest BCUT2D eigenvalue weighted by atomic mass is 10.1. The quantitative estimate of drug-likeness (QED) is 0.581. The molecule has 0 fully saturated rings. The van der Waals surface area contributed by atoms with Crippen LogP contribution in [0.5, 0.6) is 0 Å². The molecule has 0 radical (unpaired) electrons. The molecule has 0 aromatic carbocycles. The van der Waals surface area contributed by atoms with Crippen molar-refractivity contribution in [1.82, 2.24) is 11.0 Å². The van der Waals surface area contributed by atoms with Crippen molar-refractivity contribution in [3.05, 3.63) is 23.5 Å². The summed E-state index contributed by atoms with van der Waals surface area (Å²) in [6.07, 6.45) is 6.21. The van der Waals surface area contributed by atoms with Crippen LogP contribution >= 0.6 is 0 Å². The molecule has 0 saturated heterocycles. The highest BCUT2D eigenvalue weighted by Gasteiger charge is 2.18. The summed E-state index contributed by atoms with van der Waals surface area (Å²) in [5.74, 6) is 0. The first-order valence-corrected chi connectivity index (χ1v) is 13.3. The second-order valence-electron chi connectivity index (χ2n) is 6.50. The van der Waals surface area contributed by atoms with Crippen LogP contribution in [0.1, 0.15) is 12.8 Å². The van der Waals surface area contributed by atoms with E-state index in [-0.39, 0.29) is 0 Å². The van der Waals surface area contributed by atoms with Crippen LogP contribution < -0.4 is 11.0 Å². The maximum absolute atomic E-state index is 5.70. The number of hydrogen-bond acceptors (Lipinski definition) is 4. The predicted molar refractivity (Wildman–Crippen MR) is 80.5 cm³/mol. The van der Waals surface area contributed by atoms with Crippen LogP contribution in [0.2, 0.25) is 39.3 Å². The van der Waals surface area contributed by atoms with Gasteiger partial charge in [-0.15, -0.1) is 0 Å². The molecule has 0 saturated carbocycles. The second-order valence-corrected chi connectivity index (χ2v) is 15.4. The van der Waals surface area contributed by atoms with Gasteiger partial charge in [-0.05, 0) is 58.2 Å². The summed E-state index contributed by atoms with van der Waals surface area (Å²) < 4.78 is 11.4. The molecule has 0 aromatic rings. The van der Waals surface area contributed by atoms with Crippen molar-refractivity contribution in [2.45, 2.75) is 52.1 Å². The molecule has 1 aliphatic rings. The molecule has 0 atom stereocenters. The maximum Gasteiger partial charge on any atom is 0.220 e. The largest absolute Gasteiger partial charge is 0.323 e. The molecular weight excluding hydrogens is 260 g/mol. The van der Waals surface area contributed by atoms with Crippen LogP contribution in [0.25, 0.3) is 0 Å². The Bertz CT molecular complexity index is 341. The first-order chi connectivity index (χ1) is 8.16. The van der Waals surface area contributed by atoms with Crippen molar-refractivity contribution < 1.29 is 9.05 Å². The Morgan fingerprint density at radius 1 is 0.944 bits per heavy atom. The third-order valence-electron chi connectivity index (χ3n) is 2.07. The van der Waals surface area contributed by atoms with Gasteiger partial charge >= 0.3 is 0 Å². The van der Waals surface area contributed by atoms with Crippen LogP contribution in [0.15, 0.2) is 23.5 Å². The van der Waals surface area contributed by atoms with E-state index in [1.54, 1.807) is 0 Å². The Labute approximate surface area is 113 Å². The van der Waals surface area contributed by atoms with Crippen molar-refractivity contribution in [3.8, 4) is 0 Å². The van der Waals surface area contributed by atoms with Gasteiger partial charge in [-0.2, -0.15) is 0 Å². The van der Waals surface area contributed by atoms with E-state index in [4.69, 9.17) is 9.05 Å². The molecule has 1 aliphatic carbocycles. The van der Waals surface area contributed by atoms with Gasteiger partial charge in [0.05, 0.1) is 5.70 Å². The zero-order chi connectivity index (χ0) is 13.8. The van der Waals surface area contributed by atoms with Crippen molar-refractivity contribution >= 4 is 16.6 Å². The molecule has 0 heterocycles. The van der Waals surface area contributed by atoms with Crippen LogP contribution in [0.3, 0.4) is 0 Å². The van der Waals surface area contributed by atoms with E-state index < -0.39 is 16.6 Å². The van der Waals surface area contributed by atoms with Gasteiger partial charge in [0, 0.05) is 5.70 Å². The zero-order valence-electron chi connectivity index (χ0n) is 12.4. The maximum atomic E-state index is 5.70. The van der Waals surface area contributed by atoms with Crippen molar-refractivity contribution in [3.63, 3.8) is 0 Å². The van der Waals surface area contributed by atoms with E-state index in [0.717, 1.165) is 24.2 Å². The summed E-state index contributed by atoms with van der Waals surface area (Å²) in [5.41, 5.74) is 8.27. The molecule has 6 heteroatoms. The third-order valence-corrected chi connectivity index (χ3v) is 3.50. The van der Waals surface area contributed by atoms with Crippen molar-refractivity contribution in [2.24, 2.45) is 0 Å². The molecule has 0 aromatic heterocycles. The molecule has 0 bridgehead atoms. The number of rotatable bonds is 6. The number of nitrogens with one attached hydrogen (secondary N) is 2. The fourth-order valence-corrected chi connectivity index (χ4v) is 2.15. The fraction of sp³-hybridized carbons (Fsp3) is 0.667. The van der Waals surface area contributed by atoms with Crippen molar-refractivity contribution in [1.29, 1.82) is 0 Å². The van der Waals surface area contributed by atoms with E-state index in [1.165, 1.54) is 0 Å². The average molecular weight is 287 g/mol. The van der Waals surface area contributed by atoms with Crippen LogP contribution in [0.4, 0.5) is 0 Å². The molecule has 104 valence electrons. The van der Waals surface area contributed by atoms with E-state index in [1.807, 2.05) is 0 Å². The lowest BCUT2D eigenvalue weighted by Gasteiger charge is -2.23. The Hall–Kier alpha value is -0.566. The number of hydroxylamine groups is 2. The summed E-state index contributed by atoms with van der Waals surface area (Å²) >= 11 is 0. The second kappa shape index (κ2) is 6.05. The van der Waals surface area contributed by atoms with Gasteiger partial charge in [-0.1, -0.05) is 6.08 Å². The fourth-order valence-electron chi connectivity index (χ4n) is 1.28. The molecular formula is C12H26N2O2Si2.